The number of nitrogens with one attached hydrogen (secondary N) is 1. The second-order valence-electron chi connectivity index (χ2n) is 3.39. The molecular weight excluding hydrogens is 186 g/mol. The largest absolute Gasteiger partial charge is 0.480 e. The van der Waals surface area contributed by atoms with Crippen LogP contribution in [0.2, 0.25) is 0 Å². The van der Waals surface area contributed by atoms with E-state index in [-0.39, 0.29) is 6.04 Å². The van der Waals surface area contributed by atoms with Crippen LogP contribution in [0.3, 0.4) is 0 Å². The van der Waals surface area contributed by atoms with Crippen molar-refractivity contribution >= 4 is 17.7 Å². The van der Waals surface area contributed by atoms with Gasteiger partial charge in [-0.05, 0) is 5.92 Å². The Morgan fingerprint density at radius 2 is 2.23 bits per heavy atom. The Kier molecular flexibility index (Phi) is 4.06. The highest BCUT2D eigenvalue weighted by Gasteiger charge is 2.32. The van der Waals surface area contributed by atoms with E-state index in [0.29, 0.717) is 17.0 Å². The average molecular weight is 203 g/mol. The molecule has 1 fully saturated rings. The molecule has 1 saturated heterocycles. The van der Waals surface area contributed by atoms with Gasteiger partial charge < -0.3 is 5.11 Å². The third kappa shape index (κ3) is 2.61. The standard InChI is InChI=1S/C9H17NO2S/c1-3-6(4-2)8-10-7(5-13-8)9(11)12/h6-8,10H,3-5H2,1-2H3,(H,11,12). The van der Waals surface area contributed by atoms with E-state index in [0.717, 1.165) is 12.8 Å². The lowest BCUT2D eigenvalue weighted by Gasteiger charge is -2.20. The van der Waals surface area contributed by atoms with Crippen LogP contribution >= 0.6 is 11.8 Å². The van der Waals surface area contributed by atoms with Gasteiger partial charge in [-0.3, -0.25) is 10.1 Å². The van der Waals surface area contributed by atoms with E-state index in [2.05, 4.69) is 19.2 Å². The third-order valence-corrected chi connectivity index (χ3v) is 3.99. The molecule has 2 N–H and O–H groups in total. The molecule has 0 aromatic carbocycles. The molecule has 0 aliphatic carbocycles. The highest BCUT2D eigenvalue weighted by atomic mass is 32.2. The van der Waals surface area contributed by atoms with Crippen LogP contribution in [0.15, 0.2) is 0 Å². The highest BCUT2D eigenvalue weighted by molar-refractivity contribution is 8.00. The number of rotatable bonds is 4. The van der Waals surface area contributed by atoms with E-state index >= 15 is 0 Å². The summed E-state index contributed by atoms with van der Waals surface area (Å²) in [5.41, 5.74) is 0. The van der Waals surface area contributed by atoms with Gasteiger partial charge in [0.25, 0.3) is 0 Å². The van der Waals surface area contributed by atoms with Crippen LogP contribution in [-0.2, 0) is 4.79 Å². The quantitative estimate of drug-likeness (QED) is 0.727. The van der Waals surface area contributed by atoms with Gasteiger partial charge in [0.2, 0.25) is 0 Å². The van der Waals surface area contributed by atoms with Crippen LogP contribution in [0.1, 0.15) is 26.7 Å². The van der Waals surface area contributed by atoms with Gasteiger partial charge in [0.15, 0.2) is 0 Å². The summed E-state index contributed by atoms with van der Waals surface area (Å²) in [5.74, 6) is 0.589. The maximum absolute atomic E-state index is 10.7. The van der Waals surface area contributed by atoms with Crippen LogP contribution in [0.5, 0.6) is 0 Å². The van der Waals surface area contributed by atoms with Crippen LogP contribution < -0.4 is 5.32 Å². The Balaban J connectivity index is 2.43. The minimum Gasteiger partial charge on any atom is -0.480 e. The maximum Gasteiger partial charge on any atom is 0.321 e. The first-order chi connectivity index (χ1) is 6.19. The first-order valence-electron chi connectivity index (χ1n) is 4.79. The Labute approximate surface area is 83.3 Å². The Bertz CT molecular complexity index is 182. The molecule has 4 heteroatoms. The SMILES string of the molecule is CCC(CC)C1NC(C(=O)O)CS1. The lowest BCUT2D eigenvalue weighted by molar-refractivity contribution is -0.138. The van der Waals surface area contributed by atoms with Crippen molar-refractivity contribution in [2.45, 2.75) is 38.1 Å². The molecule has 0 amide bonds. The molecule has 2 atom stereocenters. The summed E-state index contributed by atoms with van der Waals surface area (Å²) >= 11 is 1.74. The van der Waals surface area contributed by atoms with E-state index in [4.69, 9.17) is 5.11 Å². The zero-order chi connectivity index (χ0) is 9.84. The van der Waals surface area contributed by atoms with Crippen molar-refractivity contribution in [3.8, 4) is 0 Å². The minimum absolute atomic E-state index is 0.337. The van der Waals surface area contributed by atoms with Crippen molar-refractivity contribution in [1.82, 2.24) is 5.32 Å². The second kappa shape index (κ2) is 4.86. The molecule has 0 saturated carbocycles. The average Bonchev–Trinajstić information content (AvgIpc) is 2.56. The number of hydrogen-bond acceptors (Lipinski definition) is 3. The predicted octanol–water partition coefficient (Wildman–Crippen LogP) is 1.54. The summed E-state index contributed by atoms with van der Waals surface area (Å²) in [6.07, 6.45) is 2.24. The van der Waals surface area contributed by atoms with Gasteiger partial charge in [-0.2, -0.15) is 0 Å². The van der Waals surface area contributed by atoms with Gasteiger partial charge in [-0.15, -0.1) is 11.8 Å². The van der Waals surface area contributed by atoms with E-state index in [9.17, 15) is 4.79 Å². The van der Waals surface area contributed by atoms with E-state index in [1.807, 2.05) is 0 Å². The summed E-state index contributed by atoms with van der Waals surface area (Å²) in [6, 6.07) is -0.337. The predicted molar refractivity (Wildman–Crippen MR) is 54.9 cm³/mol. The molecule has 76 valence electrons. The first kappa shape index (κ1) is 10.9. The van der Waals surface area contributed by atoms with Crippen molar-refractivity contribution in [2.24, 2.45) is 5.92 Å². The number of aliphatic carboxylic acids is 1. The highest BCUT2D eigenvalue weighted by Crippen LogP contribution is 2.28. The van der Waals surface area contributed by atoms with Gasteiger partial charge in [0, 0.05) is 5.75 Å². The number of carbonyl (C=O) groups is 1. The molecule has 0 bridgehead atoms. The normalized spacial score (nSPS) is 28.2. The fourth-order valence-corrected chi connectivity index (χ4v) is 3.18. The zero-order valence-corrected chi connectivity index (χ0v) is 8.93. The lowest BCUT2D eigenvalue weighted by Crippen LogP contribution is -2.39. The van der Waals surface area contributed by atoms with Crippen LogP contribution in [0.25, 0.3) is 0 Å². The van der Waals surface area contributed by atoms with E-state index in [1.165, 1.54) is 0 Å². The summed E-state index contributed by atoms with van der Waals surface area (Å²) in [6.45, 7) is 4.31. The van der Waals surface area contributed by atoms with Crippen LogP contribution in [-0.4, -0.2) is 28.2 Å². The minimum atomic E-state index is -0.721. The number of carboxylic acid groups (broad SMARTS) is 1. The molecule has 1 aliphatic rings. The molecule has 1 rings (SSSR count). The monoisotopic (exact) mass is 203 g/mol. The van der Waals surface area contributed by atoms with Gasteiger partial charge in [-0.25, -0.2) is 0 Å². The summed E-state index contributed by atoms with van der Waals surface area (Å²) < 4.78 is 0. The fraction of sp³-hybridized carbons (Fsp3) is 0.889. The second-order valence-corrected chi connectivity index (χ2v) is 4.56. The van der Waals surface area contributed by atoms with Crippen molar-refractivity contribution in [2.75, 3.05) is 5.75 Å². The smallest absolute Gasteiger partial charge is 0.321 e. The first-order valence-corrected chi connectivity index (χ1v) is 5.84. The van der Waals surface area contributed by atoms with Crippen molar-refractivity contribution in [1.29, 1.82) is 0 Å². The number of thioether (sulfide) groups is 1. The van der Waals surface area contributed by atoms with Gasteiger partial charge >= 0.3 is 5.97 Å². The maximum atomic E-state index is 10.7. The molecular formula is C9H17NO2S. The van der Waals surface area contributed by atoms with Crippen molar-refractivity contribution < 1.29 is 9.90 Å². The molecule has 0 spiro atoms. The van der Waals surface area contributed by atoms with Gasteiger partial charge in [-0.1, -0.05) is 26.7 Å². The summed E-state index contributed by atoms with van der Waals surface area (Å²) in [5, 5.41) is 12.3. The molecule has 1 aliphatic heterocycles. The third-order valence-electron chi connectivity index (χ3n) is 2.58. The molecule has 1 heterocycles. The lowest BCUT2D eigenvalue weighted by atomic mass is 10.0. The molecule has 2 unspecified atom stereocenters. The fourth-order valence-electron chi connectivity index (χ4n) is 1.63. The molecule has 0 aromatic rings. The van der Waals surface area contributed by atoms with E-state index < -0.39 is 5.97 Å². The van der Waals surface area contributed by atoms with Crippen molar-refractivity contribution in [3.63, 3.8) is 0 Å². The number of hydrogen-bond donors (Lipinski definition) is 2. The summed E-state index contributed by atoms with van der Waals surface area (Å²) in [4.78, 5) is 10.7. The molecule has 0 aromatic heterocycles. The van der Waals surface area contributed by atoms with Crippen LogP contribution in [0, 0.1) is 5.92 Å². The van der Waals surface area contributed by atoms with Gasteiger partial charge in [0.05, 0.1) is 5.37 Å². The van der Waals surface area contributed by atoms with Crippen molar-refractivity contribution in [3.05, 3.63) is 0 Å². The van der Waals surface area contributed by atoms with E-state index in [1.54, 1.807) is 11.8 Å². The Morgan fingerprint density at radius 1 is 1.62 bits per heavy atom. The number of carboxylic acids is 1. The molecule has 13 heavy (non-hydrogen) atoms. The molecule has 0 radical (unpaired) electrons. The Hall–Kier alpha value is -0.220. The Morgan fingerprint density at radius 3 is 2.62 bits per heavy atom. The summed E-state index contributed by atoms with van der Waals surface area (Å²) in [7, 11) is 0. The molecule has 3 nitrogen and oxygen atoms in total. The van der Waals surface area contributed by atoms with Crippen LogP contribution in [0.4, 0.5) is 0 Å². The zero-order valence-electron chi connectivity index (χ0n) is 8.12. The topological polar surface area (TPSA) is 49.3 Å². The van der Waals surface area contributed by atoms with Gasteiger partial charge in [0.1, 0.15) is 6.04 Å².